The van der Waals surface area contributed by atoms with Crippen molar-refractivity contribution in [2.45, 2.75) is 116 Å². The number of hydrogen-bond acceptors (Lipinski definition) is 13. The number of nitrogen functional groups attached to an aromatic ring is 1. The molecule has 2 aromatic heterocycles. The number of aryl methyl sites for hydroxylation is 1. The first-order chi connectivity index (χ1) is 35.2. The molecule has 4 atom stereocenters. The van der Waals surface area contributed by atoms with Crippen molar-refractivity contribution in [1.29, 1.82) is 0 Å². The van der Waals surface area contributed by atoms with Crippen molar-refractivity contribution >= 4 is 57.2 Å². The van der Waals surface area contributed by atoms with Crippen molar-refractivity contribution in [3.05, 3.63) is 95.0 Å². The molecular formula is C54H67F3N10O6S. The summed E-state index contributed by atoms with van der Waals surface area (Å²) in [6, 6.07) is 15.5. The highest BCUT2D eigenvalue weighted by molar-refractivity contribution is 7.13. The van der Waals surface area contributed by atoms with Gasteiger partial charge in [0.2, 0.25) is 17.7 Å². The number of thiazole rings is 1. The number of rotatable bonds is 16. The second-order valence-corrected chi connectivity index (χ2v) is 21.7. The highest BCUT2D eigenvalue weighted by atomic mass is 32.1. The molecule has 5 N–H and O–H groups in total. The molecule has 0 bridgehead atoms. The van der Waals surface area contributed by atoms with Crippen LogP contribution < -0.4 is 26.0 Å². The zero-order valence-corrected chi connectivity index (χ0v) is 43.5. The van der Waals surface area contributed by atoms with Gasteiger partial charge < -0.3 is 40.9 Å². The van der Waals surface area contributed by atoms with E-state index in [9.17, 15) is 37.5 Å². The Kier molecular flexibility index (Phi) is 16.8. The number of likely N-dealkylation sites (tertiary alicyclic amines) is 2. The number of β-amino-alcohol motifs (C(OH)–C–C–N with tert-alkyl or cyclic N) is 1. The Hall–Kier alpha value is -6.38. The topological polar surface area (TPSA) is 199 Å². The molecule has 3 aliphatic heterocycles. The lowest BCUT2D eigenvalue weighted by Crippen LogP contribution is -2.57. The maximum absolute atomic E-state index is 14.2. The summed E-state index contributed by atoms with van der Waals surface area (Å²) in [6.07, 6.45) is 0.00175. The third-order valence-electron chi connectivity index (χ3n) is 14.5. The zero-order valence-electron chi connectivity index (χ0n) is 42.7. The summed E-state index contributed by atoms with van der Waals surface area (Å²) in [5, 5.41) is 17.7. The van der Waals surface area contributed by atoms with Crippen LogP contribution in [0.5, 0.6) is 5.75 Å². The van der Waals surface area contributed by atoms with Crippen molar-refractivity contribution in [2.75, 3.05) is 63.0 Å². The first-order valence-electron chi connectivity index (χ1n) is 25.5. The quantitative estimate of drug-likeness (QED) is 0.0558. The van der Waals surface area contributed by atoms with Gasteiger partial charge >= 0.3 is 6.36 Å². The molecule has 74 heavy (non-hydrogen) atoms. The van der Waals surface area contributed by atoms with E-state index in [-0.39, 0.29) is 66.2 Å². The minimum atomic E-state index is -4.86. The van der Waals surface area contributed by atoms with E-state index >= 15 is 0 Å². The van der Waals surface area contributed by atoms with Crippen molar-refractivity contribution in [2.24, 2.45) is 5.41 Å². The van der Waals surface area contributed by atoms with Crippen LogP contribution >= 0.6 is 11.3 Å². The van der Waals surface area contributed by atoms with Crippen LogP contribution in [0.15, 0.2) is 72.5 Å². The largest absolute Gasteiger partial charge is 0.573 e. The number of piperidine rings is 1. The molecule has 0 spiro atoms. The summed E-state index contributed by atoms with van der Waals surface area (Å²) in [4.78, 5) is 77.2. The van der Waals surface area contributed by atoms with Crippen molar-refractivity contribution in [1.82, 2.24) is 40.3 Å². The van der Waals surface area contributed by atoms with E-state index in [2.05, 4.69) is 58.3 Å². The molecule has 3 fully saturated rings. The molecule has 3 saturated heterocycles. The fraction of sp³-hybridized carbons (Fsp3) is 0.500. The van der Waals surface area contributed by atoms with Crippen LogP contribution in [-0.2, 0) is 14.4 Å². The second kappa shape index (κ2) is 23.0. The summed E-state index contributed by atoms with van der Waals surface area (Å²) in [5.41, 5.74) is 13.0. The van der Waals surface area contributed by atoms with E-state index in [4.69, 9.17) is 5.73 Å². The number of carbonyl (C=O) groups excluding carboxylic acids is 4. The number of halogens is 3. The molecule has 5 aromatic rings. The SMILES string of the molecule is Cc1ncsc1-c1ccc([C@H](C)NC(=O)[C@@H]2C[C@@H](O)CN2C(=O)[C@@H](NC(=O)CCCCCN2CCN(c3ccc4c(C5CCN(C(=O)c6ccc(OC(F)(F)F)cc6N)CC5)ncnc4c3)CC2)C(C)(C)C)cc1. The van der Waals surface area contributed by atoms with Gasteiger partial charge in [-0.15, -0.1) is 24.5 Å². The van der Waals surface area contributed by atoms with Crippen molar-refractivity contribution in [3.63, 3.8) is 0 Å². The molecule has 0 aliphatic carbocycles. The zero-order chi connectivity index (χ0) is 52.9. The van der Waals surface area contributed by atoms with Crippen LogP contribution in [0.2, 0.25) is 0 Å². The Morgan fingerprint density at radius 2 is 1.62 bits per heavy atom. The third-order valence-corrected chi connectivity index (χ3v) is 15.5. The van der Waals surface area contributed by atoms with Crippen LogP contribution in [-0.4, -0.2) is 135 Å². The first-order valence-corrected chi connectivity index (χ1v) is 26.4. The van der Waals surface area contributed by atoms with Gasteiger partial charge in [-0.2, -0.15) is 0 Å². The molecule has 20 heteroatoms. The number of hydrogen-bond donors (Lipinski definition) is 4. The molecule has 4 amide bonds. The summed E-state index contributed by atoms with van der Waals surface area (Å²) in [7, 11) is 0. The van der Waals surface area contributed by atoms with Crippen LogP contribution in [0.1, 0.15) is 112 Å². The Morgan fingerprint density at radius 3 is 2.28 bits per heavy atom. The second-order valence-electron chi connectivity index (χ2n) is 20.8. The Balaban J connectivity index is 0.757. The van der Waals surface area contributed by atoms with E-state index < -0.39 is 35.7 Å². The molecule has 0 radical (unpaired) electrons. The van der Waals surface area contributed by atoms with Gasteiger partial charge in [0.05, 0.1) is 45.0 Å². The molecule has 0 saturated carbocycles. The smallest absolute Gasteiger partial charge is 0.406 e. The van der Waals surface area contributed by atoms with E-state index in [0.717, 1.165) is 102 Å². The number of aliphatic hydroxyl groups is 1. The number of fused-ring (bicyclic) bond motifs is 1. The Labute approximate surface area is 433 Å². The summed E-state index contributed by atoms with van der Waals surface area (Å²) in [5.74, 6) is -1.68. The van der Waals surface area contributed by atoms with E-state index in [1.807, 2.05) is 64.4 Å². The lowest BCUT2D eigenvalue weighted by Gasteiger charge is -2.36. The summed E-state index contributed by atoms with van der Waals surface area (Å²) in [6.45, 7) is 14.8. The minimum Gasteiger partial charge on any atom is -0.406 e. The number of nitrogens with two attached hydrogens (primary N) is 1. The molecule has 3 aromatic carbocycles. The predicted molar refractivity (Wildman–Crippen MR) is 278 cm³/mol. The average Bonchev–Trinajstić information content (AvgIpc) is 3.99. The fourth-order valence-corrected chi connectivity index (χ4v) is 11.1. The number of benzene rings is 3. The van der Waals surface area contributed by atoms with Gasteiger partial charge in [0.1, 0.15) is 24.2 Å². The highest BCUT2D eigenvalue weighted by Gasteiger charge is 2.45. The predicted octanol–water partition coefficient (Wildman–Crippen LogP) is 7.61. The number of carbonyl (C=O) groups is 4. The number of anilines is 2. The summed E-state index contributed by atoms with van der Waals surface area (Å²) >= 11 is 1.58. The lowest BCUT2D eigenvalue weighted by molar-refractivity contribution is -0.274. The van der Waals surface area contributed by atoms with Gasteiger partial charge in [-0.3, -0.25) is 24.1 Å². The van der Waals surface area contributed by atoms with Gasteiger partial charge in [0, 0.05) is 87.4 Å². The maximum atomic E-state index is 14.2. The number of aliphatic hydroxyl groups excluding tert-OH is 1. The van der Waals surface area contributed by atoms with Crippen LogP contribution in [0.4, 0.5) is 24.5 Å². The number of amides is 4. The normalized spacial score (nSPS) is 18.9. The highest BCUT2D eigenvalue weighted by Crippen LogP contribution is 2.35. The van der Waals surface area contributed by atoms with Crippen molar-refractivity contribution < 1.29 is 42.2 Å². The molecule has 0 unspecified atom stereocenters. The Bertz CT molecular complexity index is 2790. The average molecular weight is 1040 g/mol. The molecule has 8 rings (SSSR count). The molecule has 5 heterocycles. The number of alkyl halides is 3. The standard InChI is InChI=1S/C54H67F3N10O6S/c1-33(35-10-12-37(13-11-35)48-34(2)61-32-74-48)62-50(70)45-28-39(68)30-67(45)52(72)49(53(3,4)5)63-46(69)9-7-6-8-20-64-23-25-65(26-24-64)38-14-16-42-44(27-38)59-31-60-47(42)36-18-21-66(22-19-36)51(71)41-17-15-40(29-43(41)58)73-54(55,56)57/h10-17,27,29,31-33,36,39,45,49,68H,6-9,18-26,28,30,58H2,1-5H3,(H,62,70)(H,63,69)/t33-,39+,45-,49+/m0/s1. The van der Waals surface area contributed by atoms with Crippen LogP contribution in [0.25, 0.3) is 21.3 Å². The maximum Gasteiger partial charge on any atom is 0.573 e. The molecule has 16 nitrogen and oxygen atoms in total. The number of nitrogens with one attached hydrogen (secondary N) is 2. The van der Waals surface area contributed by atoms with Gasteiger partial charge in [-0.05, 0) is 92.9 Å². The number of unbranched alkanes of at least 4 members (excludes halogenated alkanes) is 2. The Morgan fingerprint density at radius 1 is 0.892 bits per heavy atom. The monoisotopic (exact) mass is 1040 g/mol. The van der Waals surface area contributed by atoms with Gasteiger partial charge in [-0.1, -0.05) is 51.5 Å². The van der Waals surface area contributed by atoms with Crippen molar-refractivity contribution in [3.8, 4) is 16.2 Å². The minimum absolute atomic E-state index is 0.00885. The number of nitrogens with zero attached hydrogens (tertiary/aromatic N) is 7. The van der Waals surface area contributed by atoms with E-state index in [0.29, 0.717) is 32.4 Å². The van der Waals surface area contributed by atoms with E-state index in [1.54, 1.807) is 22.6 Å². The fourth-order valence-electron chi connectivity index (χ4n) is 10.3. The van der Waals surface area contributed by atoms with E-state index in [1.165, 1.54) is 11.0 Å². The lowest BCUT2D eigenvalue weighted by atomic mass is 9.85. The first kappa shape index (κ1) is 53.9. The molecular weight excluding hydrogens is 974 g/mol. The number of aromatic nitrogens is 3. The summed E-state index contributed by atoms with van der Waals surface area (Å²) < 4.78 is 41.9. The number of ether oxygens (including phenoxy) is 1. The van der Waals surface area contributed by atoms with Gasteiger partial charge in [-0.25, -0.2) is 15.0 Å². The van der Waals surface area contributed by atoms with Crippen LogP contribution in [0, 0.1) is 12.3 Å². The molecule has 396 valence electrons. The van der Waals surface area contributed by atoms with Gasteiger partial charge in [0.15, 0.2) is 0 Å². The third kappa shape index (κ3) is 13.1. The van der Waals surface area contributed by atoms with Crippen LogP contribution in [0.3, 0.4) is 0 Å². The van der Waals surface area contributed by atoms with Gasteiger partial charge in [0.25, 0.3) is 5.91 Å². The number of piperazine rings is 1. The molecule has 3 aliphatic rings.